The summed E-state index contributed by atoms with van der Waals surface area (Å²) in [4.78, 5) is 21.7. The highest BCUT2D eigenvalue weighted by molar-refractivity contribution is 8.00. The Hall–Kier alpha value is -0.510. The lowest BCUT2D eigenvalue weighted by Gasteiger charge is -2.32. The van der Waals surface area contributed by atoms with Gasteiger partial charge in [0.2, 0.25) is 5.91 Å². The van der Waals surface area contributed by atoms with Gasteiger partial charge in [0.05, 0.1) is 11.3 Å². The third-order valence-electron chi connectivity index (χ3n) is 1.86. The smallest absolute Gasteiger partial charge is 0.222 e. The fourth-order valence-corrected chi connectivity index (χ4v) is 2.25. The van der Waals surface area contributed by atoms with Gasteiger partial charge in [0.15, 0.2) is 0 Å². The zero-order valence-corrected chi connectivity index (χ0v) is 8.11. The Bertz CT molecular complexity index is 197. The average molecular weight is 187 g/mol. The fraction of sp³-hybridized carbons (Fsp3) is 0.750. The van der Waals surface area contributed by atoms with Crippen molar-refractivity contribution in [2.75, 3.05) is 5.75 Å². The summed E-state index contributed by atoms with van der Waals surface area (Å²) in [7, 11) is 0. The van der Waals surface area contributed by atoms with Crippen LogP contribution in [0.15, 0.2) is 0 Å². The van der Waals surface area contributed by atoms with E-state index in [0.717, 1.165) is 5.75 Å². The summed E-state index contributed by atoms with van der Waals surface area (Å²) in [5.41, 5.74) is 0. The van der Waals surface area contributed by atoms with Crippen LogP contribution < -0.4 is 5.32 Å². The Balaban J connectivity index is 2.43. The Labute approximate surface area is 76.3 Å². The van der Waals surface area contributed by atoms with Crippen LogP contribution in [-0.4, -0.2) is 28.7 Å². The van der Waals surface area contributed by atoms with E-state index in [-0.39, 0.29) is 23.0 Å². The van der Waals surface area contributed by atoms with E-state index >= 15 is 0 Å². The van der Waals surface area contributed by atoms with Crippen LogP contribution in [0.2, 0.25) is 0 Å². The molecule has 1 fully saturated rings. The Morgan fingerprint density at radius 1 is 1.83 bits per heavy atom. The quantitative estimate of drug-likeness (QED) is 0.655. The third-order valence-corrected chi connectivity index (χ3v) is 3.22. The van der Waals surface area contributed by atoms with Gasteiger partial charge in [-0.1, -0.05) is 6.92 Å². The number of amides is 1. The van der Waals surface area contributed by atoms with E-state index in [9.17, 15) is 9.59 Å². The van der Waals surface area contributed by atoms with Gasteiger partial charge in [0.25, 0.3) is 0 Å². The zero-order valence-electron chi connectivity index (χ0n) is 7.29. The molecule has 12 heavy (non-hydrogen) atoms. The molecule has 2 atom stereocenters. The normalized spacial score (nSPS) is 24.2. The summed E-state index contributed by atoms with van der Waals surface area (Å²) < 4.78 is 0. The van der Waals surface area contributed by atoms with Gasteiger partial charge in [-0.2, -0.15) is 0 Å². The van der Waals surface area contributed by atoms with E-state index in [4.69, 9.17) is 0 Å². The number of Topliss-reactive ketones (excluding diaryl/α,β-unsaturated/α-hetero) is 1. The summed E-state index contributed by atoms with van der Waals surface area (Å²) in [6, 6.07) is 0.0833. The van der Waals surface area contributed by atoms with E-state index < -0.39 is 0 Å². The standard InChI is InChI=1S/C8H13NO2S/c1-3-12-8(5(2)10)6-4-7(11)9-6/h6,8H,3-4H2,1-2H3,(H,9,11). The molecule has 2 unspecified atom stereocenters. The Kier molecular flexibility index (Phi) is 3.14. The van der Waals surface area contributed by atoms with Crippen LogP contribution in [0.3, 0.4) is 0 Å². The molecule has 0 aromatic carbocycles. The number of thioether (sulfide) groups is 1. The molecule has 1 aliphatic rings. The molecule has 0 saturated carbocycles. The molecular weight excluding hydrogens is 174 g/mol. The monoisotopic (exact) mass is 187 g/mol. The van der Waals surface area contributed by atoms with Crippen molar-refractivity contribution in [1.29, 1.82) is 0 Å². The van der Waals surface area contributed by atoms with Gasteiger partial charge in [-0.25, -0.2) is 0 Å². The minimum Gasteiger partial charge on any atom is -0.351 e. The number of hydrogen-bond acceptors (Lipinski definition) is 3. The molecule has 1 amide bonds. The van der Waals surface area contributed by atoms with Crippen molar-refractivity contribution in [2.24, 2.45) is 0 Å². The van der Waals surface area contributed by atoms with Crippen LogP contribution in [-0.2, 0) is 9.59 Å². The highest BCUT2D eigenvalue weighted by atomic mass is 32.2. The van der Waals surface area contributed by atoms with Crippen LogP contribution in [0.1, 0.15) is 20.3 Å². The Morgan fingerprint density at radius 3 is 2.75 bits per heavy atom. The molecule has 1 heterocycles. The summed E-state index contributed by atoms with van der Waals surface area (Å²) in [6.45, 7) is 3.60. The van der Waals surface area contributed by atoms with Gasteiger partial charge in [0.1, 0.15) is 5.78 Å². The first-order chi connectivity index (χ1) is 5.65. The molecule has 0 aromatic heterocycles. The van der Waals surface area contributed by atoms with Crippen LogP contribution in [0, 0.1) is 0 Å². The largest absolute Gasteiger partial charge is 0.351 e. The molecule has 3 nitrogen and oxygen atoms in total. The highest BCUT2D eigenvalue weighted by Crippen LogP contribution is 2.22. The van der Waals surface area contributed by atoms with Gasteiger partial charge in [-0.15, -0.1) is 11.8 Å². The Morgan fingerprint density at radius 2 is 2.42 bits per heavy atom. The van der Waals surface area contributed by atoms with Crippen LogP contribution >= 0.6 is 11.8 Å². The van der Waals surface area contributed by atoms with Crippen molar-refractivity contribution >= 4 is 23.5 Å². The minimum atomic E-state index is -0.0345. The second-order valence-corrected chi connectivity index (χ2v) is 4.28. The van der Waals surface area contributed by atoms with Gasteiger partial charge in [0, 0.05) is 6.42 Å². The number of rotatable bonds is 4. The van der Waals surface area contributed by atoms with Gasteiger partial charge in [-0.3, -0.25) is 9.59 Å². The van der Waals surface area contributed by atoms with E-state index in [1.165, 1.54) is 0 Å². The van der Waals surface area contributed by atoms with Crippen LogP contribution in [0.4, 0.5) is 0 Å². The van der Waals surface area contributed by atoms with Crippen molar-refractivity contribution in [3.63, 3.8) is 0 Å². The van der Waals surface area contributed by atoms with Crippen molar-refractivity contribution in [3.05, 3.63) is 0 Å². The molecule has 4 heteroatoms. The van der Waals surface area contributed by atoms with Crippen molar-refractivity contribution in [1.82, 2.24) is 5.32 Å². The fourth-order valence-electron chi connectivity index (χ4n) is 1.26. The lowest BCUT2D eigenvalue weighted by atomic mass is 10.0. The van der Waals surface area contributed by atoms with E-state index in [2.05, 4.69) is 5.32 Å². The first kappa shape index (κ1) is 9.58. The molecule has 0 radical (unpaired) electrons. The third kappa shape index (κ3) is 2.00. The summed E-state index contributed by atoms with van der Waals surface area (Å²) in [5, 5.41) is 2.69. The molecule has 1 saturated heterocycles. The highest BCUT2D eigenvalue weighted by Gasteiger charge is 2.35. The molecule has 0 bridgehead atoms. The molecule has 1 N–H and O–H groups in total. The first-order valence-electron chi connectivity index (χ1n) is 4.06. The van der Waals surface area contributed by atoms with Crippen LogP contribution in [0.5, 0.6) is 0 Å². The van der Waals surface area contributed by atoms with Crippen molar-refractivity contribution in [2.45, 2.75) is 31.6 Å². The second-order valence-electron chi connectivity index (χ2n) is 2.86. The summed E-state index contributed by atoms with van der Waals surface area (Å²) in [6.07, 6.45) is 0.511. The molecule has 68 valence electrons. The van der Waals surface area contributed by atoms with Gasteiger partial charge < -0.3 is 5.32 Å². The first-order valence-corrected chi connectivity index (χ1v) is 5.11. The molecule has 1 rings (SSSR count). The zero-order chi connectivity index (χ0) is 9.14. The number of carbonyl (C=O) groups excluding carboxylic acids is 2. The maximum atomic E-state index is 11.1. The average Bonchev–Trinajstić information content (AvgIpc) is 1.94. The van der Waals surface area contributed by atoms with E-state index in [1.54, 1.807) is 18.7 Å². The van der Waals surface area contributed by atoms with E-state index in [0.29, 0.717) is 6.42 Å². The molecule has 0 aliphatic carbocycles. The summed E-state index contributed by atoms with van der Waals surface area (Å²) in [5.74, 6) is 1.13. The van der Waals surface area contributed by atoms with Gasteiger partial charge in [-0.05, 0) is 12.7 Å². The number of hydrogen-bond donors (Lipinski definition) is 1. The molecule has 0 spiro atoms. The second kappa shape index (κ2) is 3.94. The van der Waals surface area contributed by atoms with Crippen molar-refractivity contribution < 1.29 is 9.59 Å². The number of nitrogens with one attached hydrogen (secondary N) is 1. The topological polar surface area (TPSA) is 46.2 Å². The minimum absolute atomic E-state index is 0.0345. The predicted molar refractivity (Wildman–Crippen MR) is 49.1 cm³/mol. The maximum Gasteiger partial charge on any atom is 0.222 e. The molecule has 0 aromatic rings. The number of ketones is 1. The molecule has 1 aliphatic heterocycles. The molecular formula is C8H13NO2S. The predicted octanol–water partition coefficient (Wildman–Crippen LogP) is 0.586. The van der Waals surface area contributed by atoms with E-state index in [1.807, 2.05) is 6.92 Å². The number of carbonyl (C=O) groups is 2. The SMILES string of the molecule is CCSC(C(C)=O)C1CC(=O)N1. The van der Waals surface area contributed by atoms with Crippen LogP contribution in [0.25, 0.3) is 0 Å². The number of β-lactam (4-membered cyclic amide) rings is 1. The lowest BCUT2D eigenvalue weighted by Crippen LogP contribution is -2.55. The lowest BCUT2D eigenvalue weighted by molar-refractivity contribution is -0.129. The maximum absolute atomic E-state index is 11.1. The van der Waals surface area contributed by atoms with Crippen molar-refractivity contribution in [3.8, 4) is 0 Å². The van der Waals surface area contributed by atoms with Gasteiger partial charge >= 0.3 is 0 Å². The summed E-state index contributed by atoms with van der Waals surface area (Å²) >= 11 is 1.61.